The first-order valence-electron chi connectivity index (χ1n) is 3.62. The molecule has 0 fully saturated rings. The van der Waals surface area contributed by atoms with Gasteiger partial charge in [0, 0.05) is 0 Å². The fourth-order valence-corrected chi connectivity index (χ4v) is 0.823. The van der Waals surface area contributed by atoms with Gasteiger partial charge in [-0.1, -0.05) is 13.0 Å². The van der Waals surface area contributed by atoms with Gasteiger partial charge in [-0.05, 0) is 25.8 Å². The van der Waals surface area contributed by atoms with Crippen molar-refractivity contribution in [3.8, 4) is 0 Å². The van der Waals surface area contributed by atoms with Crippen molar-refractivity contribution in [2.45, 2.75) is 39.4 Å². The highest BCUT2D eigenvalue weighted by atomic mass is 16.3. The molecule has 0 amide bonds. The van der Waals surface area contributed by atoms with Crippen LogP contribution in [0.5, 0.6) is 0 Å². The SMILES string of the molecule is CC/C=C(/C)[C@H](O)[C@H](C)O. The monoisotopic (exact) mass is 144 g/mol. The second-order valence-corrected chi connectivity index (χ2v) is 2.54. The minimum Gasteiger partial charge on any atom is -0.390 e. The Kier molecular flexibility index (Phi) is 4.32. The first-order chi connectivity index (χ1) is 4.59. The molecular weight excluding hydrogens is 128 g/mol. The third kappa shape index (κ3) is 2.99. The first-order valence-corrected chi connectivity index (χ1v) is 3.62. The van der Waals surface area contributed by atoms with Crippen molar-refractivity contribution in [2.24, 2.45) is 0 Å². The zero-order chi connectivity index (χ0) is 8.15. The van der Waals surface area contributed by atoms with Gasteiger partial charge in [-0.25, -0.2) is 0 Å². The van der Waals surface area contributed by atoms with Gasteiger partial charge in [-0.3, -0.25) is 0 Å². The number of aliphatic hydroxyl groups excluding tert-OH is 2. The van der Waals surface area contributed by atoms with E-state index < -0.39 is 12.2 Å². The molecule has 60 valence electrons. The van der Waals surface area contributed by atoms with E-state index in [9.17, 15) is 5.11 Å². The molecule has 2 nitrogen and oxygen atoms in total. The fraction of sp³-hybridized carbons (Fsp3) is 0.750. The molecule has 0 aliphatic carbocycles. The molecule has 0 spiro atoms. The summed E-state index contributed by atoms with van der Waals surface area (Å²) in [6.45, 7) is 5.40. The summed E-state index contributed by atoms with van der Waals surface area (Å²) in [5.74, 6) is 0. The van der Waals surface area contributed by atoms with Crippen LogP contribution in [-0.4, -0.2) is 22.4 Å². The standard InChI is InChI=1S/C8H16O2/c1-4-5-6(2)8(10)7(3)9/h5,7-10H,4H2,1-3H3/b6-5-/t7-,8-/m0/s1. The Morgan fingerprint density at radius 1 is 1.50 bits per heavy atom. The number of aliphatic hydroxyl groups is 2. The quantitative estimate of drug-likeness (QED) is 0.582. The summed E-state index contributed by atoms with van der Waals surface area (Å²) in [6.07, 6.45) is 1.45. The third-order valence-electron chi connectivity index (χ3n) is 1.45. The van der Waals surface area contributed by atoms with Crippen LogP contribution < -0.4 is 0 Å². The van der Waals surface area contributed by atoms with E-state index in [1.165, 1.54) is 0 Å². The van der Waals surface area contributed by atoms with Crippen LogP contribution in [0.1, 0.15) is 27.2 Å². The van der Waals surface area contributed by atoms with E-state index in [1.54, 1.807) is 6.92 Å². The smallest absolute Gasteiger partial charge is 0.100 e. The molecule has 2 N–H and O–H groups in total. The van der Waals surface area contributed by atoms with E-state index in [-0.39, 0.29) is 0 Å². The average Bonchev–Trinajstić information content (AvgIpc) is 1.87. The lowest BCUT2D eigenvalue weighted by molar-refractivity contribution is 0.0545. The van der Waals surface area contributed by atoms with Gasteiger partial charge in [-0.2, -0.15) is 0 Å². The van der Waals surface area contributed by atoms with Crippen molar-refractivity contribution < 1.29 is 10.2 Å². The highest BCUT2D eigenvalue weighted by Crippen LogP contribution is 2.06. The van der Waals surface area contributed by atoms with Gasteiger partial charge in [0.1, 0.15) is 6.10 Å². The number of hydrogen-bond donors (Lipinski definition) is 2. The molecule has 0 aliphatic heterocycles. The van der Waals surface area contributed by atoms with Gasteiger partial charge >= 0.3 is 0 Å². The molecule has 0 bridgehead atoms. The second-order valence-electron chi connectivity index (χ2n) is 2.54. The van der Waals surface area contributed by atoms with Crippen LogP contribution >= 0.6 is 0 Å². The summed E-state index contributed by atoms with van der Waals surface area (Å²) in [5, 5.41) is 18.1. The van der Waals surface area contributed by atoms with E-state index in [0.29, 0.717) is 0 Å². The van der Waals surface area contributed by atoms with E-state index in [0.717, 1.165) is 12.0 Å². The molecule has 0 saturated heterocycles. The van der Waals surface area contributed by atoms with Gasteiger partial charge in [-0.15, -0.1) is 0 Å². The molecule has 0 aromatic heterocycles. The molecule has 10 heavy (non-hydrogen) atoms. The van der Waals surface area contributed by atoms with Crippen molar-refractivity contribution in [2.75, 3.05) is 0 Å². The minimum absolute atomic E-state index is 0.664. The molecule has 0 radical (unpaired) electrons. The van der Waals surface area contributed by atoms with Gasteiger partial charge in [0.05, 0.1) is 6.10 Å². The van der Waals surface area contributed by atoms with Crippen molar-refractivity contribution in [3.63, 3.8) is 0 Å². The van der Waals surface area contributed by atoms with Gasteiger partial charge < -0.3 is 10.2 Å². The van der Waals surface area contributed by atoms with Crippen LogP contribution in [0.25, 0.3) is 0 Å². The molecule has 2 heteroatoms. The van der Waals surface area contributed by atoms with Crippen molar-refractivity contribution >= 4 is 0 Å². The predicted molar refractivity (Wildman–Crippen MR) is 41.7 cm³/mol. The van der Waals surface area contributed by atoms with Gasteiger partial charge in [0.25, 0.3) is 0 Å². The van der Waals surface area contributed by atoms with Crippen LogP contribution in [-0.2, 0) is 0 Å². The summed E-state index contributed by atoms with van der Waals surface area (Å²) < 4.78 is 0. The molecule has 0 aromatic rings. The number of hydrogen-bond acceptors (Lipinski definition) is 2. The maximum atomic E-state index is 9.21. The molecule has 0 saturated carbocycles. The van der Waals surface area contributed by atoms with Gasteiger partial charge in [0.15, 0.2) is 0 Å². The number of allylic oxidation sites excluding steroid dienone is 1. The van der Waals surface area contributed by atoms with Crippen LogP contribution in [0.3, 0.4) is 0 Å². The Morgan fingerprint density at radius 3 is 2.30 bits per heavy atom. The summed E-state index contributed by atoms with van der Waals surface area (Å²) >= 11 is 0. The van der Waals surface area contributed by atoms with Crippen LogP contribution in [0, 0.1) is 0 Å². The zero-order valence-electron chi connectivity index (χ0n) is 6.83. The van der Waals surface area contributed by atoms with E-state index in [4.69, 9.17) is 5.11 Å². The summed E-state index contributed by atoms with van der Waals surface area (Å²) in [6, 6.07) is 0. The predicted octanol–water partition coefficient (Wildman–Crippen LogP) is 1.08. The molecule has 0 unspecified atom stereocenters. The van der Waals surface area contributed by atoms with Crippen molar-refractivity contribution in [1.82, 2.24) is 0 Å². The lowest BCUT2D eigenvalue weighted by Gasteiger charge is -2.13. The molecule has 0 aromatic carbocycles. The van der Waals surface area contributed by atoms with Crippen LogP contribution in [0.15, 0.2) is 11.6 Å². The number of rotatable bonds is 3. The van der Waals surface area contributed by atoms with Crippen molar-refractivity contribution in [3.05, 3.63) is 11.6 Å². The van der Waals surface area contributed by atoms with Crippen LogP contribution in [0.2, 0.25) is 0 Å². The summed E-state index contributed by atoms with van der Waals surface area (Å²) in [7, 11) is 0. The Morgan fingerprint density at radius 2 is 2.00 bits per heavy atom. The second kappa shape index (κ2) is 4.47. The molecule has 2 atom stereocenters. The van der Waals surface area contributed by atoms with E-state index in [2.05, 4.69) is 0 Å². The maximum Gasteiger partial charge on any atom is 0.100 e. The highest BCUT2D eigenvalue weighted by molar-refractivity contribution is 5.05. The molecule has 0 rings (SSSR count). The average molecular weight is 144 g/mol. The molecule has 0 aliphatic rings. The first kappa shape index (κ1) is 9.66. The normalized spacial score (nSPS) is 18.7. The third-order valence-corrected chi connectivity index (χ3v) is 1.45. The molecular formula is C8H16O2. The topological polar surface area (TPSA) is 40.5 Å². The minimum atomic E-state index is -0.694. The summed E-state index contributed by atoms with van der Waals surface area (Å²) in [4.78, 5) is 0. The Hall–Kier alpha value is -0.340. The highest BCUT2D eigenvalue weighted by Gasteiger charge is 2.11. The maximum absolute atomic E-state index is 9.21. The van der Waals surface area contributed by atoms with E-state index in [1.807, 2.05) is 19.9 Å². The van der Waals surface area contributed by atoms with Crippen molar-refractivity contribution in [1.29, 1.82) is 0 Å². The van der Waals surface area contributed by atoms with Gasteiger partial charge in [0.2, 0.25) is 0 Å². The Bertz CT molecular complexity index is 116. The fourth-order valence-electron chi connectivity index (χ4n) is 0.823. The lowest BCUT2D eigenvalue weighted by Crippen LogP contribution is -2.23. The Balaban J connectivity index is 3.93. The largest absolute Gasteiger partial charge is 0.390 e. The zero-order valence-corrected chi connectivity index (χ0v) is 6.83. The lowest BCUT2D eigenvalue weighted by atomic mass is 10.1. The van der Waals surface area contributed by atoms with Crippen LogP contribution in [0.4, 0.5) is 0 Å². The summed E-state index contributed by atoms with van der Waals surface area (Å²) in [5.41, 5.74) is 0.845. The Labute approximate surface area is 62.2 Å². The molecule has 0 heterocycles. The van der Waals surface area contributed by atoms with E-state index >= 15 is 0 Å².